The predicted molar refractivity (Wildman–Crippen MR) is 103 cm³/mol. The van der Waals surface area contributed by atoms with E-state index in [0.717, 1.165) is 11.1 Å². The minimum absolute atomic E-state index is 0.301. The zero-order chi connectivity index (χ0) is 20.2. The largest absolute Gasteiger partial charge is 0.480 e. The fourth-order valence-corrected chi connectivity index (χ4v) is 2.26. The third-order valence-corrected chi connectivity index (χ3v) is 3.62. The first-order valence-electron chi connectivity index (χ1n) is 8.42. The molecule has 1 unspecified atom stereocenters. The van der Waals surface area contributed by atoms with E-state index in [4.69, 9.17) is 16.6 Å². The number of carboxylic acids is 1. The summed E-state index contributed by atoms with van der Waals surface area (Å²) in [5.74, 6) is -1.81. The Bertz CT molecular complexity index is 735. The van der Waals surface area contributed by atoms with Crippen molar-refractivity contribution in [2.24, 2.45) is 11.5 Å². The normalized spacial score (nSPS) is 12.1. The number of benzene rings is 2. The number of hydrogen-bond acceptors (Lipinski definition) is 4. The van der Waals surface area contributed by atoms with E-state index in [1.54, 1.807) is 0 Å². The van der Waals surface area contributed by atoms with Crippen LogP contribution < -0.4 is 16.8 Å². The quantitative estimate of drug-likeness (QED) is 0.572. The molecule has 0 fully saturated rings. The molecule has 144 valence electrons. The Morgan fingerprint density at radius 2 is 1.37 bits per heavy atom. The van der Waals surface area contributed by atoms with Gasteiger partial charge in [-0.05, 0) is 17.5 Å². The van der Waals surface area contributed by atoms with Crippen LogP contribution in [0.1, 0.15) is 18.1 Å². The Morgan fingerprint density at radius 3 is 1.74 bits per heavy atom. The smallest absolute Gasteiger partial charge is 0.326 e. The monoisotopic (exact) mass is 371 g/mol. The summed E-state index contributed by atoms with van der Waals surface area (Å²) in [6, 6.07) is 17.3. The number of nitrogens with two attached hydrogens (primary N) is 2. The van der Waals surface area contributed by atoms with E-state index in [1.165, 1.54) is 6.92 Å². The number of amides is 2. The summed E-state index contributed by atoms with van der Waals surface area (Å²) in [6.45, 7) is 1.31. The molecule has 0 saturated heterocycles. The Hall–Kier alpha value is -3.19. The maximum absolute atomic E-state index is 10.8. The Labute approximate surface area is 158 Å². The standard InChI is InChI=1S/C11H13NO3.C9H12N2O/c1-8(13)12-10(11(14)15)7-9-5-3-2-4-6-9;10-8(9(11)12)6-7-4-2-1-3-5-7/h2-6,10H,7H2,1H3,(H,12,13)(H,14,15);1-5,8H,6,10H2,(H2,11,12)/t10-;/m0./s1. The molecule has 0 aliphatic carbocycles. The molecule has 0 radical (unpaired) electrons. The maximum atomic E-state index is 10.8. The number of carbonyl (C=O) groups excluding carboxylic acids is 2. The molecule has 0 bridgehead atoms. The van der Waals surface area contributed by atoms with Crippen molar-refractivity contribution >= 4 is 17.8 Å². The van der Waals surface area contributed by atoms with Gasteiger partial charge in [-0.25, -0.2) is 4.79 Å². The molecule has 0 saturated carbocycles. The molecule has 2 amide bonds. The van der Waals surface area contributed by atoms with Gasteiger partial charge < -0.3 is 21.9 Å². The van der Waals surface area contributed by atoms with E-state index in [9.17, 15) is 14.4 Å². The zero-order valence-electron chi connectivity index (χ0n) is 15.2. The first-order chi connectivity index (χ1) is 12.8. The third-order valence-electron chi connectivity index (χ3n) is 3.62. The fraction of sp³-hybridized carbons (Fsp3) is 0.250. The molecule has 2 atom stereocenters. The highest BCUT2D eigenvalue weighted by molar-refractivity contribution is 5.82. The number of primary amides is 1. The number of aliphatic carboxylic acids is 1. The Balaban J connectivity index is 0.000000277. The van der Waals surface area contributed by atoms with Crippen molar-refractivity contribution < 1.29 is 19.5 Å². The second-order valence-corrected chi connectivity index (χ2v) is 5.98. The topological polar surface area (TPSA) is 136 Å². The molecule has 0 aliphatic heterocycles. The first-order valence-corrected chi connectivity index (χ1v) is 8.42. The molecule has 2 rings (SSSR count). The highest BCUT2D eigenvalue weighted by atomic mass is 16.4. The van der Waals surface area contributed by atoms with Crippen LogP contribution in [0.25, 0.3) is 0 Å². The molecule has 0 aromatic heterocycles. The second kappa shape index (κ2) is 11.4. The minimum atomic E-state index is -1.02. The van der Waals surface area contributed by atoms with Crippen molar-refractivity contribution in [2.45, 2.75) is 31.8 Å². The predicted octanol–water partition coefficient (Wildman–Crippen LogP) is 0.860. The number of hydrogen-bond donors (Lipinski definition) is 4. The number of nitrogens with one attached hydrogen (secondary N) is 1. The highest BCUT2D eigenvalue weighted by Crippen LogP contribution is 2.03. The first kappa shape index (κ1) is 21.9. The molecular weight excluding hydrogens is 346 g/mol. The number of carbonyl (C=O) groups is 3. The van der Waals surface area contributed by atoms with Crippen LogP contribution in [0.15, 0.2) is 60.7 Å². The summed E-state index contributed by atoms with van der Waals surface area (Å²) in [7, 11) is 0. The molecule has 0 spiro atoms. The molecule has 6 N–H and O–H groups in total. The van der Waals surface area contributed by atoms with E-state index in [2.05, 4.69) is 5.32 Å². The number of rotatable bonds is 7. The van der Waals surface area contributed by atoms with Crippen LogP contribution >= 0.6 is 0 Å². The summed E-state index contributed by atoms with van der Waals surface area (Å²) < 4.78 is 0. The van der Waals surface area contributed by atoms with Crippen LogP contribution in [0.4, 0.5) is 0 Å². The van der Waals surface area contributed by atoms with Crippen molar-refractivity contribution in [3.63, 3.8) is 0 Å². The summed E-state index contributed by atoms with van der Waals surface area (Å²) in [4.78, 5) is 32.2. The lowest BCUT2D eigenvalue weighted by Gasteiger charge is -2.12. The van der Waals surface area contributed by atoms with Gasteiger partial charge in [0.25, 0.3) is 0 Å². The van der Waals surface area contributed by atoms with Gasteiger partial charge in [0.15, 0.2) is 0 Å². The van der Waals surface area contributed by atoms with Gasteiger partial charge in [0.2, 0.25) is 11.8 Å². The van der Waals surface area contributed by atoms with E-state index in [1.807, 2.05) is 60.7 Å². The van der Waals surface area contributed by atoms with Crippen molar-refractivity contribution in [3.8, 4) is 0 Å². The van der Waals surface area contributed by atoms with E-state index >= 15 is 0 Å². The van der Waals surface area contributed by atoms with Crippen LogP contribution in [-0.4, -0.2) is 35.0 Å². The maximum Gasteiger partial charge on any atom is 0.326 e. The summed E-state index contributed by atoms with van der Waals surface area (Å²) in [6.07, 6.45) is 0.811. The van der Waals surface area contributed by atoms with Gasteiger partial charge in [0, 0.05) is 13.3 Å². The van der Waals surface area contributed by atoms with Gasteiger partial charge in [-0.1, -0.05) is 60.7 Å². The van der Waals surface area contributed by atoms with Crippen molar-refractivity contribution in [1.29, 1.82) is 0 Å². The van der Waals surface area contributed by atoms with Crippen LogP contribution in [0.5, 0.6) is 0 Å². The van der Waals surface area contributed by atoms with Gasteiger partial charge in [-0.2, -0.15) is 0 Å². The average molecular weight is 371 g/mol. The van der Waals surface area contributed by atoms with Crippen molar-refractivity contribution in [3.05, 3.63) is 71.8 Å². The Morgan fingerprint density at radius 1 is 0.926 bits per heavy atom. The van der Waals surface area contributed by atoms with Gasteiger partial charge in [-0.3, -0.25) is 9.59 Å². The van der Waals surface area contributed by atoms with Crippen LogP contribution in [0, 0.1) is 0 Å². The molecule has 2 aromatic rings. The fourth-order valence-electron chi connectivity index (χ4n) is 2.26. The summed E-state index contributed by atoms with van der Waals surface area (Å²) in [5, 5.41) is 11.3. The Kier molecular flexibility index (Phi) is 9.25. The van der Waals surface area contributed by atoms with Crippen LogP contribution in [-0.2, 0) is 27.2 Å². The van der Waals surface area contributed by atoms with Gasteiger partial charge in [-0.15, -0.1) is 0 Å². The molecule has 7 nitrogen and oxygen atoms in total. The van der Waals surface area contributed by atoms with Crippen molar-refractivity contribution in [2.75, 3.05) is 0 Å². The lowest BCUT2D eigenvalue weighted by molar-refractivity contribution is -0.141. The van der Waals surface area contributed by atoms with Crippen LogP contribution in [0.2, 0.25) is 0 Å². The molecule has 27 heavy (non-hydrogen) atoms. The lowest BCUT2D eigenvalue weighted by Crippen LogP contribution is -2.41. The van der Waals surface area contributed by atoms with Crippen molar-refractivity contribution in [1.82, 2.24) is 5.32 Å². The van der Waals surface area contributed by atoms with Gasteiger partial charge >= 0.3 is 5.97 Å². The molecular formula is C20H25N3O4. The van der Waals surface area contributed by atoms with Gasteiger partial charge in [0.05, 0.1) is 6.04 Å². The highest BCUT2D eigenvalue weighted by Gasteiger charge is 2.18. The van der Waals surface area contributed by atoms with E-state index in [0.29, 0.717) is 12.8 Å². The molecule has 0 aliphatic rings. The summed E-state index contributed by atoms with van der Waals surface area (Å²) in [5.41, 5.74) is 12.4. The second-order valence-electron chi connectivity index (χ2n) is 5.98. The minimum Gasteiger partial charge on any atom is -0.480 e. The van der Waals surface area contributed by atoms with Gasteiger partial charge in [0.1, 0.15) is 6.04 Å². The average Bonchev–Trinajstić information content (AvgIpc) is 2.63. The molecule has 2 aromatic carbocycles. The number of carboxylic acid groups (broad SMARTS) is 1. The third kappa shape index (κ3) is 9.18. The zero-order valence-corrected chi connectivity index (χ0v) is 15.2. The molecule has 7 heteroatoms. The van der Waals surface area contributed by atoms with E-state index in [-0.39, 0.29) is 5.91 Å². The van der Waals surface area contributed by atoms with E-state index < -0.39 is 24.0 Å². The lowest BCUT2D eigenvalue weighted by atomic mass is 10.1. The summed E-state index contributed by atoms with van der Waals surface area (Å²) >= 11 is 0. The molecule has 0 heterocycles. The SMILES string of the molecule is CC(=O)N[C@@H](Cc1ccccc1)C(=O)O.NC(=O)C(N)Cc1ccccc1. The van der Waals surface area contributed by atoms with Crippen LogP contribution in [0.3, 0.4) is 0 Å².